The van der Waals surface area contributed by atoms with Gasteiger partial charge in [-0.1, -0.05) is 0 Å². The highest BCUT2D eigenvalue weighted by Crippen LogP contribution is 2.43. The molecule has 1 saturated heterocycles. The monoisotopic (exact) mass is 297 g/mol. The fourth-order valence-corrected chi connectivity index (χ4v) is 3.18. The number of piperidine rings is 1. The lowest BCUT2D eigenvalue weighted by Crippen LogP contribution is -2.54. The summed E-state index contributed by atoms with van der Waals surface area (Å²) in [4.78, 5) is 36.9. The number of primary amides is 1. The van der Waals surface area contributed by atoms with E-state index in [9.17, 15) is 14.4 Å². The Hall–Kier alpha value is -1.79. The largest absolute Gasteiger partial charge is 0.444 e. The Morgan fingerprint density at radius 3 is 2.52 bits per heavy atom. The van der Waals surface area contributed by atoms with Gasteiger partial charge in [0.25, 0.3) is 0 Å². The minimum absolute atomic E-state index is 0.0502. The van der Waals surface area contributed by atoms with Crippen LogP contribution in [0.2, 0.25) is 0 Å². The van der Waals surface area contributed by atoms with Crippen LogP contribution in [-0.4, -0.2) is 47.0 Å². The Labute approximate surface area is 124 Å². The maximum Gasteiger partial charge on any atom is 0.411 e. The van der Waals surface area contributed by atoms with Crippen molar-refractivity contribution in [2.75, 3.05) is 6.54 Å². The smallest absolute Gasteiger partial charge is 0.411 e. The second-order valence-corrected chi connectivity index (χ2v) is 6.74. The van der Waals surface area contributed by atoms with Crippen LogP contribution >= 0.6 is 0 Å². The normalized spacial score (nSPS) is 27.6. The van der Waals surface area contributed by atoms with Crippen LogP contribution in [0.15, 0.2) is 0 Å². The van der Waals surface area contributed by atoms with E-state index in [0.29, 0.717) is 0 Å². The second-order valence-electron chi connectivity index (χ2n) is 6.74. The number of nitrogens with two attached hydrogens (primary N) is 1. The standard InChI is InChI=1S/C14H23N3O4/c1-14(2,3)21-13(20)17-9-5-4-8(6-9)11(17)12(19)16-7-10(15)18/h8-9,11H,4-7H2,1-3H3,(H2,15,18)(H,16,19)/t8-,9+,11-/m0/s1. The molecule has 2 bridgehead atoms. The molecule has 2 fully saturated rings. The number of fused-ring (bicyclic) bond motifs is 2. The van der Waals surface area contributed by atoms with E-state index in [1.165, 1.54) is 4.90 Å². The zero-order chi connectivity index (χ0) is 15.8. The fraction of sp³-hybridized carbons (Fsp3) is 0.786. The van der Waals surface area contributed by atoms with E-state index in [1.807, 2.05) is 0 Å². The van der Waals surface area contributed by atoms with Crippen molar-refractivity contribution >= 4 is 17.9 Å². The lowest BCUT2D eigenvalue weighted by Gasteiger charge is -2.35. The van der Waals surface area contributed by atoms with Gasteiger partial charge in [0, 0.05) is 6.04 Å². The summed E-state index contributed by atoms with van der Waals surface area (Å²) >= 11 is 0. The van der Waals surface area contributed by atoms with Crippen LogP contribution in [0.3, 0.4) is 0 Å². The Morgan fingerprint density at radius 1 is 1.29 bits per heavy atom. The van der Waals surface area contributed by atoms with E-state index < -0.39 is 23.6 Å². The van der Waals surface area contributed by atoms with Crippen molar-refractivity contribution in [2.45, 2.75) is 57.7 Å². The highest BCUT2D eigenvalue weighted by atomic mass is 16.6. The van der Waals surface area contributed by atoms with Crippen molar-refractivity contribution in [1.82, 2.24) is 10.2 Å². The number of carbonyl (C=O) groups excluding carboxylic acids is 3. The average Bonchev–Trinajstić information content (AvgIpc) is 2.93. The third-order valence-electron chi connectivity index (χ3n) is 3.89. The fourth-order valence-electron chi connectivity index (χ4n) is 3.18. The molecule has 21 heavy (non-hydrogen) atoms. The molecule has 1 aliphatic heterocycles. The Balaban J connectivity index is 2.08. The van der Waals surface area contributed by atoms with Gasteiger partial charge >= 0.3 is 6.09 Å². The number of hydrogen-bond donors (Lipinski definition) is 2. The summed E-state index contributed by atoms with van der Waals surface area (Å²) in [5.74, 6) is -0.794. The van der Waals surface area contributed by atoms with E-state index in [2.05, 4.69) is 5.32 Å². The Kier molecular flexibility index (Phi) is 4.11. The topological polar surface area (TPSA) is 102 Å². The third-order valence-corrected chi connectivity index (χ3v) is 3.89. The van der Waals surface area contributed by atoms with E-state index >= 15 is 0 Å². The first-order valence-corrected chi connectivity index (χ1v) is 7.26. The molecule has 3 N–H and O–H groups in total. The summed E-state index contributed by atoms with van der Waals surface area (Å²) in [6.07, 6.45) is 2.16. The molecule has 2 rings (SSSR count). The zero-order valence-corrected chi connectivity index (χ0v) is 12.7. The Morgan fingerprint density at radius 2 is 1.95 bits per heavy atom. The molecule has 118 valence electrons. The SMILES string of the molecule is CC(C)(C)OC(=O)N1[C@@H]2CC[C@@H](C2)[C@H]1C(=O)NCC(N)=O. The number of nitrogens with zero attached hydrogens (tertiary/aromatic N) is 1. The maximum absolute atomic E-state index is 12.3. The number of ether oxygens (including phenoxy) is 1. The molecule has 7 nitrogen and oxygen atoms in total. The summed E-state index contributed by atoms with van der Waals surface area (Å²) in [6, 6.07) is -0.507. The number of rotatable bonds is 3. The van der Waals surface area contributed by atoms with Crippen molar-refractivity contribution < 1.29 is 19.1 Å². The number of carbonyl (C=O) groups is 3. The van der Waals surface area contributed by atoms with Gasteiger partial charge in [0.1, 0.15) is 11.6 Å². The predicted molar refractivity (Wildman–Crippen MR) is 75.2 cm³/mol. The van der Waals surface area contributed by atoms with Crippen LogP contribution < -0.4 is 11.1 Å². The first-order chi connectivity index (χ1) is 9.69. The van der Waals surface area contributed by atoms with E-state index in [-0.39, 0.29) is 24.4 Å². The highest BCUT2D eigenvalue weighted by molar-refractivity contribution is 5.90. The van der Waals surface area contributed by atoms with Gasteiger partial charge < -0.3 is 15.8 Å². The van der Waals surface area contributed by atoms with Gasteiger partial charge in [0.2, 0.25) is 11.8 Å². The van der Waals surface area contributed by atoms with Crippen molar-refractivity contribution in [3.63, 3.8) is 0 Å². The third kappa shape index (κ3) is 3.46. The summed E-state index contributed by atoms with van der Waals surface area (Å²) in [5, 5.41) is 2.49. The summed E-state index contributed by atoms with van der Waals surface area (Å²) < 4.78 is 5.40. The quantitative estimate of drug-likeness (QED) is 0.786. The number of nitrogens with one attached hydrogen (secondary N) is 1. The molecule has 3 atom stereocenters. The predicted octanol–water partition coefficient (Wildman–Crippen LogP) is 0.376. The van der Waals surface area contributed by atoms with Gasteiger partial charge in [-0.3, -0.25) is 14.5 Å². The lowest BCUT2D eigenvalue weighted by atomic mass is 9.98. The molecule has 1 aliphatic carbocycles. The molecule has 0 aromatic carbocycles. The molecule has 2 aliphatic rings. The molecule has 1 saturated carbocycles. The van der Waals surface area contributed by atoms with Crippen molar-refractivity contribution in [1.29, 1.82) is 0 Å². The number of hydrogen-bond acceptors (Lipinski definition) is 4. The Bertz CT molecular complexity index is 458. The molecule has 0 unspecified atom stereocenters. The van der Waals surface area contributed by atoms with Gasteiger partial charge in [-0.25, -0.2) is 4.79 Å². The van der Waals surface area contributed by atoms with E-state index in [0.717, 1.165) is 19.3 Å². The van der Waals surface area contributed by atoms with Crippen molar-refractivity contribution in [3.05, 3.63) is 0 Å². The van der Waals surface area contributed by atoms with Gasteiger partial charge in [-0.05, 0) is 46.0 Å². The molecular formula is C14H23N3O4. The minimum atomic E-state index is -0.604. The van der Waals surface area contributed by atoms with Crippen LogP contribution in [-0.2, 0) is 14.3 Å². The van der Waals surface area contributed by atoms with Crippen LogP contribution in [0.5, 0.6) is 0 Å². The van der Waals surface area contributed by atoms with Crippen LogP contribution in [0.4, 0.5) is 4.79 Å². The van der Waals surface area contributed by atoms with Gasteiger partial charge in [-0.15, -0.1) is 0 Å². The molecule has 0 spiro atoms. The van der Waals surface area contributed by atoms with Crippen molar-refractivity contribution in [2.24, 2.45) is 11.7 Å². The molecule has 0 aromatic rings. The molecule has 0 radical (unpaired) electrons. The van der Waals surface area contributed by atoms with Gasteiger partial charge in [-0.2, -0.15) is 0 Å². The molecular weight excluding hydrogens is 274 g/mol. The summed E-state index contributed by atoms with van der Waals surface area (Å²) in [6.45, 7) is 5.17. The second kappa shape index (κ2) is 5.54. The van der Waals surface area contributed by atoms with Crippen LogP contribution in [0.25, 0.3) is 0 Å². The van der Waals surface area contributed by atoms with E-state index in [1.54, 1.807) is 20.8 Å². The number of amides is 3. The maximum atomic E-state index is 12.3. The first kappa shape index (κ1) is 15.6. The zero-order valence-electron chi connectivity index (χ0n) is 12.7. The minimum Gasteiger partial charge on any atom is -0.444 e. The lowest BCUT2D eigenvalue weighted by molar-refractivity contribution is -0.130. The van der Waals surface area contributed by atoms with Crippen molar-refractivity contribution in [3.8, 4) is 0 Å². The summed E-state index contributed by atoms with van der Waals surface area (Å²) in [7, 11) is 0. The number of likely N-dealkylation sites (tertiary alicyclic amines) is 1. The van der Waals surface area contributed by atoms with E-state index in [4.69, 9.17) is 10.5 Å². The molecule has 7 heteroatoms. The molecule has 3 amide bonds. The first-order valence-electron chi connectivity index (χ1n) is 7.26. The average molecular weight is 297 g/mol. The van der Waals surface area contributed by atoms with Gasteiger partial charge in [0.15, 0.2) is 0 Å². The molecule has 1 heterocycles. The molecule has 0 aromatic heterocycles. The van der Waals surface area contributed by atoms with Crippen LogP contribution in [0.1, 0.15) is 40.0 Å². The highest BCUT2D eigenvalue weighted by Gasteiger charge is 2.52. The van der Waals surface area contributed by atoms with Crippen LogP contribution in [0, 0.1) is 5.92 Å². The summed E-state index contributed by atoms with van der Waals surface area (Å²) in [5.41, 5.74) is 4.43. The van der Waals surface area contributed by atoms with Gasteiger partial charge in [0.05, 0.1) is 6.54 Å².